The third-order valence-corrected chi connectivity index (χ3v) is 2.28. The van der Waals surface area contributed by atoms with E-state index in [1.54, 1.807) is 7.11 Å². The minimum absolute atomic E-state index is 0.0344. The molecule has 120 valence electrons. The van der Waals surface area contributed by atoms with Crippen LogP contribution in [0.3, 0.4) is 0 Å². The van der Waals surface area contributed by atoms with Crippen molar-refractivity contribution in [2.24, 2.45) is 5.73 Å². The van der Waals surface area contributed by atoms with E-state index in [1.807, 2.05) is 0 Å². The fourth-order valence-corrected chi connectivity index (χ4v) is 0.923. The van der Waals surface area contributed by atoms with Crippen molar-refractivity contribution < 1.29 is 36.9 Å². The summed E-state index contributed by atoms with van der Waals surface area (Å²) in [4.78, 5) is 11.2. The summed E-state index contributed by atoms with van der Waals surface area (Å²) in [5.41, 5.74) is 1.86. The van der Waals surface area contributed by atoms with E-state index in [0.717, 1.165) is 0 Å². The molecule has 0 amide bonds. The van der Waals surface area contributed by atoms with Crippen LogP contribution in [-0.2, 0) is 23.7 Å². The lowest BCUT2D eigenvalue weighted by molar-refractivity contribution is -0.202. The smallest absolute Gasteiger partial charge is 0.416 e. The highest BCUT2D eigenvalue weighted by molar-refractivity contribution is 5.81. The first kappa shape index (κ1) is 19.1. The van der Waals surface area contributed by atoms with Crippen molar-refractivity contribution in [3.8, 4) is 0 Å². The molecule has 0 saturated heterocycles. The van der Waals surface area contributed by atoms with E-state index in [4.69, 9.17) is 19.9 Å². The molecule has 0 aromatic rings. The lowest BCUT2D eigenvalue weighted by Crippen LogP contribution is -2.58. The maximum Gasteiger partial charge on any atom is 0.416 e. The van der Waals surface area contributed by atoms with Crippen molar-refractivity contribution in [1.82, 2.24) is 0 Å². The lowest BCUT2D eigenvalue weighted by atomic mass is 10.0. The predicted molar refractivity (Wildman–Crippen MR) is 63.1 cm³/mol. The zero-order chi connectivity index (χ0) is 15.6. The summed E-state index contributed by atoms with van der Waals surface area (Å²) in [6.07, 6.45) is -4.86. The Hall–Kier alpha value is -0.900. The summed E-state index contributed by atoms with van der Waals surface area (Å²) in [5.74, 6) is -1.54. The molecule has 0 aliphatic heterocycles. The number of methoxy groups -OCH3 is 1. The number of hydrogen-bond donors (Lipinski definition) is 1. The first-order valence-corrected chi connectivity index (χ1v) is 5.90. The van der Waals surface area contributed by atoms with Gasteiger partial charge in [-0.25, -0.2) is 4.79 Å². The number of carbonyl (C=O) groups is 1. The third kappa shape index (κ3) is 7.04. The summed E-state index contributed by atoms with van der Waals surface area (Å²) in [6, 6.07) is 0. The zero-order valence-electron chi connectivity index (χ0n) is 11.5. The number of esters is 1. The van der Waals surface area contributed by atoms with Gasteiger partial charge in [-0.05, 0) is 6.92 Å². The van der Waals surface area contributed by atoms with E-state index in [9.17, 15) is 18.0 Å². The first-order valence-electron chi connectivity index (χ1n) is 5.90. The Morgan fingerprint density at radius 3 is 1.90 bits per heavy atom. The van der Waals surface area contributed by atoms with Crippen molar-refractivity contribution in [2.75, 3.05) is 46.8 Å². The van der Waals surface area contributed by atoms with Gasteiger partial charge in [-0.3, -0.25) is 0 Å². The van der Waals surface area contributed by atoms with E-state index < -0.39 is 17.7 Å². The van der Waals surface area contributed by atoms with E-state index in [2.05, 4.69) is 4.74 Å². The van der Waals surface area contributed by atoms with Gasteiger partial charge in [-0.15, -0.1) is 0 Å². The van der Waals surface area contributed by atoms with Crippen LogP contribution in [0.1, 0.15) is 6.92 Å². The second kappa shape index (κ2) is 9.11. The topological polar surface area (TPSA) is 80.0 Å². The Bertz CT molecular complexity index is 284. The van der Waals surface area contributed by atoms with Crippen molar-refractivity contribution >= 4 is 5.97 Å². The van der Waals surface area contributed by atoms with Gasteiger partial charge >= 0.3 is 12.1 Å². The van der Waals surface area contributed by atoms with Crippen LogP contribution in [0, 0.1) is 0 Å². The second-order valence-corrected chi connectivity index (χ2v) is 4.05. The van der Waals surface area contributed by atoms with Gasteiger partial charge in [0.15, 0.2) is 0 Å². The number of hydrogen-bond acceptors (Lipinski definition) is 6. The van der Waals surface area contributed by atoms with Gasteiger partial charge in [0.1, 0.15) is 6.61 Å². The van der Waals surface area contributed by atoms with Gasteiger partial charge in [0.2, 0.25) is 5.54 Å². The second-order valence-electron chi connectivity index (χ2n) is 4.05. The summed E-state index contributed by atoms with van der Waals surface area (Å²) < 4.78 is 56.4. The summed E-state index contributed by atoms with van der Waals surface area (Å²) >= 11 is 0. The van der Waals surface area contributed by atoms with Gasteiger partial charge in [0, 0.05) is 7.11 Å². The van der Waals surface area contributed by atoms with E-state index in [1.165, 1.54) is 0 Å². The normalized spacial score (nSPS) is 14.9. The predicted octanol–water partition coefficient (Wildman–Crippen LogP) is 0.489. The molecule has 20 heavy (non-hydrogen) atoms. The molecule has 1 atom stereocenters. The molecule has 0 spiro atoms. The van der Waals surface area contributed by atoms with Crippen molar-refractivity contribution in [1.29, 1.82) is 0 Å². The molecule has 0 aliphatic rings. The van der Waals surface area contributed by atoms with Crippen LogP contribution < -0.4 is 5.73 Å². The lowest BCUT2D eigenvalue weighted by Gasteiger charge is -2.25. The zero-order valence-corrected chi connectivity index (χ0v) is 11.5. The van der Waals surface area contributed by atoms with Gasteiger partial charge in [0.25, 0.3) is 0 Å². The largest absolute Gasteiger partial charge is 0.462 e. The number of carbonyl (C=O) groups excluding carboxylic acids is 1. The van der Waals surface area contributed by atoms with Crippen LogP contribution >= 0.6 is 0 Å². The minimum Gasteiger partial charge on any atom is -0.462 e. The van der Waals surface area contributed by atoms with Crippen LogP contribution in [0.2, 0.25) is 0 Å². The first-order chi connectivity index (χ1) is 9.23. The number of rotatable bonds is 10. The van der Waals surface area contributed by atoms with Crippen LogP contribution in [-0.4, -0.2) is 64.4 Å². The van der Waals surface area contributed by atoms with E-state index in [0.29, 0.717) is 26.7 Å². The fourth-order valence-electron chi connectivity index (χ4n) is 0.923. The number of alkyl halides is 3. The molecule has 9 heteroatoms. The molecule has 0 rings (SSSR count). The van der Waals surface area contributed by atoms with Gasteiger partial charge in [-0.1, -0.05) is 0 Å². The Kier molecular flexibility index (Phi) is 8.70. The average Bonchev–Trinajstić information content (AvgIpc) is 2.35. The van der Waals surface area contributed by atoms with Crippen LogP contribution in [0.5, 0.6) is 0 Å². The van der Waals surface area contributed by atoms with Crippen LogP contribution in [0.15, 0.2) is 0 Å². The maximum absolute atomic E-state index is 12.4. The van der Waals surface area contributed by atoms with Gasteiger partial charge < -0.3 is 24.7 Å². The molecule has 0 heterocycles. The molecule has 0 saturated carbocycles. The summed E-state index contributed by atoms with van der Waals surface area (Å²) in [6.45, 7) is 1.65. The van der Waals surface area contributed by atoms with Crippen molar-refractivity contribution in [2.45, 2.75) is 18.6 Å². The molecule has 2 N–H and O–H groups in total. The molecule has 0 fully saturated rings. The van der Waals surface area contributed by atoms with Crippen LogP contribution in [0.4, 0.5) is 13.2 Å². The van der Waals surface area contributed by atoms with E-state index in [-0.39, 0.29) is 19.8 Å². The van der Waals surface area contributed by atoms with Gasteiger partial charge in [-0.2, -0.15) is 13.2 Å². The van der Waals surface area contributed by atoms with E-state index >= 15 is 0 Å². The Morgan fingerprint density at radius 1 is 1.00 bits per heavy atom. The SMILES string of the molecule is COCCOCCOCCOC(=O)C(C)(N)C(F)(F)F. The van der Waals surface area contributed by atoms with Gasteiger partial charge in [0.05, 0.1) is 33.0 Å². The Morgan fingerprint density at radius 2 is 1.45 bits per heavy atom. The molecule has 0 aliphatic carbocycles. The highest BCUT2D eigenvalue weighted by Crippen LogP contribution is 2.28. The van der Waals surface area contributed by atoms with Crippen LogP contribution in [0.25, 0.3) is 0 Å². The average molecular weight is 303 g/mol. The molecule has 6 nitrogen and oxygen atoms in total. The Labute approximate surface area is 115 Å². The minimum atomic E-state index is -4.86. The number of ether oxygens (including phenoxy) is 4. The third-order valence-electron chi connectivity index (χ3n) is 2.28. The quantitative estimate of drug-likeness (QED) is 0.467. The number of halogens is 3. The number of nitrogens with two attached hydrogens (primary N) is 1. The molecule has 0 radical (unpaired) electrons. The Balaban J connectivity index is 3.63. The molecule has 1 unspecified atom stereocenters. The maximum atomic E-state index is 12.4. The molecular weight excluding hydrogens is 283 g/mol. The fraction of sp³-hybridized carbons (Fsp3) is 0.909. The summed E-state index contributed by atoms with van der Waals surface area (Å²) in [5, 5.41) is 0. The molecular formula is C11H20F3NO5. The highest BCUT2D eigenvalue weighted by Gasteiger charge is 2.55. The highest BCUT2D eigenvalue weighted by atomic mass is 19.4. The summed E-state index contributed by atoms with van der Waals surface area (Å²) in [7, 11) is 1.54. The molecule has 0 bridgehead atoms. The molecule has 0 aromatic heterocycles. The van der Waals surface area contributed by atoms with Crippen molar-refractivity contribution in [3.05, 3.63) is 0 Å². The standard InChI is InChI=1S/C11H20F3NO5/c1-10(15,11(12,13)14)9(16)20-8-7-19-6-5-18-4-3-17-2/h3-8,15H2,1-2H3. The monoisotopic (exact) mass is 303 g/mol. The molecule has 0 aromatic carbocycles. The van der Waals surface area contributed by atoms with Crippen molar-refractivity contribution in [3.63, 3.8) is 0 Å².